The van der Waals surface area contributed by atoms with Crippen molar-refractivity contribution in [1.82, 2.24) is 0 Å². The maximum atomic E-state index is 5.08. The summed E-state index contributed by atoms with van der Waals surface area (Å²) < 4.78 is 0.954. The Bertz CT molecular complexity index is 2200. The molecule has 0 saturated heterocycles. The van der Waals surface area contributed by atoms with Crippen LogP contribution in [0.15, 0.2) is 236 Å². The fraction of sp³-hybridized carbons (Fsp3) is 0.0196. The summed E-state index contributed by atoms with van der Waals surface area (Å²) in [7, 11) is -1.80. The van der Waals surface area contributed by atoms with Crippen molar-refractivity contribution in [3.63, 3.8) is 0 Å². The molecule has 1 aliphatic rings. The Morgan fingerprint density at radius 1 is 0.434 bits per heavy atom. The van der Waals surface area contributed by atoms with Gasteiger partial charge >= 0.3 is 181 Å². The van der Waals surface area contributed by atoms with Gasteiger partial charge in [-0.3, -0.25) is 0 Å². The zero-order chi connectivity index (χ0) is 36.1. The van der Waals surface area contributed by atoms with Gasteiger partial charge < -0.3 is 0 Å². The molecule has 0 nitrogen and oxygen atoms in total. The summed E-state index contributed by atoms with van der Waals surface area (Å²) in [6.45, 7) is 0. The SMILES string of the molecule is C1=CCC([P+](c2ccccc2)(c2ccccc2)c2ccccc2)=C1.[Co]=[C](C(=C([CH-]c1ccccc1)c1ccccc1)c1ccccc1)c1ccccc1. The van der Waals surface area contributed by atoms with Crippen LogP contribution in [0.25, 0.3) is 11.1 Å². The average molecular weight is 744 g/mol. The summed E-state index contributed by atoms with van der Waals surface area (Å²) in [6.07, 6.45) is 10.1. The minimum absolute atomic E-state index is 0.954. The van der Waals surface area contributed by atoms with E-state index in [0.717, 1.165) is 44.3 Å². The summed E-state index contributed by atoms with van der Waals surface area (Å²) in [5, 5.41) is 5.82. The monoisotopic (exact) mass is 743 g/mol. The predicted octanol–water partition coefficient (Wildman–Crippen LogP) is 11.4. The summed E-state index contributed by atoms with van der Waals surface area (Å²) in [5.41, 5.74) is 6.83. The molecule has 0 spiro atoms. The van der Waals surface area contributed by atoms with E-state index >= 15 is 0 Å². The van der Waals surface area contributed by atoms with Crippen LogP contribution in [0.4, 0.5) is 0 Å². The Labute approximate surface area is 323 Å². The summed E-state index contributed by atoms with van der Waals surface area (Å²) in [4.78, 5) is 0. The van der Waals surface area contributed by atoms with Crippen molar-refractivity contribution in [2.24, 2.45) is 0 Å². The van der Waals surface area contributed by atoms with E-state index in [-0.39, 0.29) is 0 Å². The Kier molecular flexibility index (Phi) is 12.0. The first-order valence-electron chi connectivity index (χ1n) is 18.0. The standard InChI is InChI=1S/C28H21.C23H20P.Co/c1-5-13-23(14-6-1)21-27(25-17-9-3-10-18-25)28(26-19-11-4-12-20-26)22-24-15-7-2-8-16-24;1-4-12-20(13-5-1)24(23-18-10-11-19-23,21-14-6-2-7-15-21)22-16-8-3-9-17-22;/h1-21H;1-18H,19H2;/q-1;+1;. The van der Waals surface area contributed by atoms with E-state index in [1.807, 2.05) is 24.3 Å². The topological polar surface area (TPSA) is 0 Å². The molecule has 0 N–H and O–H groups in total. The van der Waals surface area contributed by atoms with Gasteiger partial charge in [0.05, 0.1) is 5.31 Å². The average Bonchev–Trinajstić information content (AvgIpc) is 3.79. The third-order valence-electron chi connectivity index (χ3n) is 9.36. The molecule has 0 heterocycles. The van der Waals surface area contributed by atoms with Crippen molar-refractivity contribution in [3.05, 3.63) is 265 Å². The van der Waals surface area contributed by atoms with Crippen molar-refractivity contribution < 1.29 is 15.3 Å². The maximum absolute atomic E-state index is 5.08. The van der Waals surface area contributed by atoms with E-state index < -0.39 is 7.26 Å². The molecule has 0 saturated carbocycles. The Hall–Kier alpha value is -5.56. The van der Waals surface area contributed by atoms with Crippen molar-refractivity contribution in [1.29, 1.82) is 0 Å². The van der Waals surface area contributed by atoms with Crippen LogP contribution in [-0.2, 0) is 15.3 Å². The Morgan fingerprint density at radius 3 is 1.23 bits per heavy atom. The van der Waals surface area contributed by atoms with Crippen LogP contribution in [-0.4, -0.2) is 4.45 Å². The second-order valence-electron chi connectivity index (χ2n) is 12.7. The van der Waals surface area contributed by atoms with Crippen LogP contribution in [0.2, 0.25) is 0 Å². The third-order valence-corrected chi connectivity index (χ3v) is 14.3. The van der Waals surface area contributed by atoms with Crippen molar-refractivity contribution >= 4 is 38.8 Å². The van der Waals surface area contributed by atoms with Crippen LogP contribution >= 0.6 is 7.26 Å². The molecule has 0 atom stereocenters. The van der Waals surface area contributed by atoms with Crippen molar-refractivity contribution in [3.8, 4) is 0 Å². The molecule has 0 aliphatic heterocycles. The molecule has 0 bridgehead atoms. The molecule has 53 heavy (non-hydrogen) atoms. The Morgan fingerprint density at radius 2 is 0.811 bits per heavy atom. The number of benzene rings is 7. The summed E-state index contributed by atoms with van der Waals surface area (Å²) >= 11 is 5.08. The van der Waals surface area contributed by atoms with E-state index in [9.17, 15) is 0 Å². The molecule has 259 valence electrons. The Balaban J connectivity index is 0.000000167. The molecular weight excluding hydrogens is 702 g/mol. The van der Waals surface area contributed by atoms with Crippen LogP contribution in [0, 0.1) is 6.42 Å². The van der Waals surface area contributed by atoms with Gasteiger partial charge in [-0.25, -0.2) is 0 Å². The first-order valence-corrected chi connectivity index (χ1v) is 20.3. The van der Waals surface area contributed by atoms with Crippen molar-refractivity contribution in [2.45, 2.75) is 6.42 Å². The summed E-state index contributed by atoms with van der Waals surface area (Å²) in [5.74, 6) is 0. The quantitative estimate of drug-likeness (QED) is 0.0743. The number of hydrogen-bond donors (Lipinski definition) is 0. The molecule has 0 fully saturated rings. The number of rotatable bonds is 10. The predicted molar refractivity (Wildman–Crippen MR) is 227 cm³/mol. The van der Waals surface area contributed by atoms with Crippen LogP contribution in [0.3, 0.4) is 0 Å². The first-order chi connectivity index (χ1) is 26.2. The molecule has 0 radical (unpaired) electrons. The molecule has 2 heteroatoms. The van der Waals surface area contributed by atoms with Gasteiger partial charge in [-0.1, -0.05) is 66.7 Å². The molecule has 7 aromatic carbocycles. The molecule has 0 aromatic heterocycles. The molecule has 7 aromatic rings. The van der Waals surface area contributed by atoms with Crippen LogP contribution < -0.4 is 15.9 Å². The fourth-order valence-electron chi connectivity index (χ4n) is 6.93. The van der Waals surface area contributed by atoms with Gasteiger partial charge in [0, 0.05) is 6.42 Å². The van der Waals surface area contributed by atoms with E-state index in [1.54, 1.807) is 0 Å². The van der Waals surface area contributed by atoms with Gasteiger partial charge in [0.15, 0.2) is 0 Å². The van der Waals surface area contributed by atoms with Gasteiger partial charge in [-0.15, -0.1) is 0 Å². The fourth-order valence-corrected chi connectivity index (χ4v) is 11.8. The number of allylic oxidation sites excluding steroid dienone is 6. The van der Waals surface area contributed by atoms with Gasteiger partial charge in [0.25, 0.3) is 0 Å². The zero-order valence-corrected chi connectivity index (χ0v) is 31.4. The normalized spacial score (nSPS) is 12.5. The molecule has 8 rings (SSSR count). The van der Waals surface area contributed by atoms with E-state index in [0.29, 0.717) is 0 Å². The second kappa shape index (κ2) is 17.8. The van der Waals surface area contributed by atoms with E-state index in [1.165, 1.54) is 21.2 Å². The second-order valence-corrected chi connectivity index (χ2v) is 16.7. The first kappa shape index (κ1) is 35.8. The molecule has 0 amide bonds. The van der Waals surface area contributed by atoms with Crippen LogP contribution in [0.1, 0.15) is 28.7 Å². The van der Waals surface area contributed by atoms with Gasteiger partial charge in [0.2, 0.25) is 0 Å². The number of hydrogen-bond acceptors (Lipinski definition) is 0. The van der Waals surface area contributed by atoms with Crippen molar-refractivity contribution in [2.75, 3.05) is 0 Å². The summed E-state index contributed by atoms with van der Waals surface area (Å²) in [6, 6.07) is 74.9. The third kappa shape index (κ3) is 8.25. The van der Waals surface area contributed by atoms with Gasteiger partial charge in [0.1, 0.15) is 23.2 Å². The van der Waals surface area contributed by atoms with Gasteiger partial charge in [-0.2, -0.15) is 0 Å². The van der Waals surface area contributed by atoms with E-state index in [4.69, 9.17) is 15.3 Å². The molecule has 1 aliphatic carbocycles. The molecule has 0 unspecified atom stereocenters. The van der Waals surface area contributed by atoms with Gasteiger partial charge in [-0.05, 0) is 42.5 Å². The minimum atomic E-state index is -1.80. The van der Waals surface area contributed by atoms with E-state index in [2.05, 4.69) is 213 Å². The zero-order valence-electron chi connectivity index (χ0n) is 29.5. The van der Waals surface area contributed by atoms with Crippen LogP contribution in [0.5, 0.6) is 0 Å². The molecular formula is C51H41CoP.